The minimum absolute atomic E-state index is 0.329. The van der Waals surface area contributed by atoms with Gasteiger partial charge in [-0.1, -0.05) is 12.1 Å². The second kappa shape index (κ2) is 2.85. The minimum Gasteiger partial charge on any atom is -0.361 e. The van der Waals surface area contributed by atoms with Crippen molar-refractivity contribution in [1.29, 1.82) is 0 Å². The van der Waals surface area contributed by atoms with Crippen LogP contribution in [0.2, 0.25) is 0 Å². The van der Waals surface area contributed by atoms with E-state index < -0.39 is 6.36 Å². The van der Waals surface area contributed by atoms with Gasteiger partial charge in [0, 0.05) is 17.3 Å². The Morgan fingerprint density at radius 1 is 1.38 bits per heavy atom. The number of halogens is 1. The third-order valence-corrected chi connectivity index (χ3v) is 2.29. The zero-order valence-electron chi connectivity index (χ0n) is 7.21. The van der Waals surface area contributed by atoms with Crippen LogP contribution >= 0.6 is 0 Å². The van der Waals surface area contributed by atoms with Crippen molar-refractivity contribution < 1.29 is 9.50 Å². The highest BCUT2D eigenvalue weighted by molar-refractivity contribution is 5.83. The fourth-order valence-corrected chi connectivity index (χ4v) is 1.55. The van der Waals surface area contributed by atoms with Gasteiger partial charge in [-0.2, -0.15) is 0 Å². The molecule has 0 spiro atoms. The van der Waals surface area contributed by atoms with E-state index in [0.717, 1.165) is 16.5 Å². The second-order valence-electron chi connectivity index (χ2n) is 3.06. The number of aliphatic hydroxyl groups excluding tert-OH is 1. The van der Waals surface area contributed by atoms with Crippen molar-refractivity contribution in [3.05, 3.63) is 35.5 Å². The lowest BCUT2D eigenvalue weighted by atomic mass is 10.1. The van der Waals surface area contributed by atoms with Crippen LogP contribution in [0.3, 0.4) is 0 Å². The largest absolute Gasteiger partial charge is 0.361 e. The fourth-order valence-electron chi connectivity index (χ4n) is 1.55. The summed E-state index contributed by atoms with van der Waals surface area (Å²) in [4.78, 5) is 3.01. The van der Waals surface area contributed by atoms with Crippen LogP contribution in [0, 0.1) is 6.92 Å². The van der Waals surface area contributed by atoms with E-state index in [1.807, 2.05) is 6.07 Å². The van der Waals surface area contributed by atoms with Crippen molar-refractivity contribution in [3.63, 3.8) is 0 Å². The Morgan fingerprint density at radius 2 is 2.15 bits per heavy atom. The zero-order chi connectivity index (χ0) is 9.42. The summed E-state index contributed by atoms with van der Waals surface area (Å²) < 4.78 is 12.7. The van der Waals surface area contributed by atoms with Crippen LogP contribution in [-0.2, 0) is 0 Å². The van der Waals surface area contributed by atoms with E-state index in [2.05, 4.69) is 4.98 Å². The first-order valence-corrected chi connectivity index (χ1v) is 4.09. The summed E-state index contributed by atoms with van der Waals surface area (Å²) in [5.41, 5.74) is 1.97. The Kier molecular flexibility index (Phi) is 1.81. The van der Waals surface area contributed by atoms with Crippen LogP contribution < -0.4 is 0 Å². The molecule has 13 heavy (non-hydrogen) atoms. The summed E-state index contributed by atoms with van der Waals surface area (Å²) >= 11 is 0. The molecule has 0 radical (unpaired) electrons. The summed E-state index contributed by atoms with van der Waals surface area (Å²) in [5, 5.41) is 9.85. The molecule has 0 bridgehead atoms. The molecule has 1 aromatic heterocycles. The van der Waals surface area contributed by atoms with Gasteiger partial charge >= 0.3 is 0 Å². The quantitative estimate of drug-likeness (QED) is 0.693. The Bertz CT molecular complexity index is 433. The number of alkyl halides is 1. The number of hydrogen-bond acceptors (Lipinski definition) is 1. The van der Waals surface area contributed by atoms with Gasteiger partial charge in [-0.3, -0.25) is 0 Å². The fraction of sp³-hybridized carbons (Fsp3) is 0.200. The maximum atomic E-state index is 12.7. The molecule has 1 atom stereocenters. The molecule has 0 amide bonds. The Morgan fingerprint density at radius 3 is 2.85 bits per heavy atom. The van der Waals surface area contributed by atoms with E-state index in [1.54, 1.807) is 25.3 Å². The molecule has 2 nitrogen and oxygen atoms in total. The molecule has 1 unspecified atom stereocenters. The molecule has 0 fully saturated rings. The van der Waals surface area contributed by atoms with Crippen LogP contribution in [0.5, 0.6) is 0 Å². The molecule has 1 aromatic carbocycles. The third-order valence-electron chi connectivity index (χ3n) is 2.29. The van der Waals surface area contributed by atoms with Gasteiger partial charge in [-0.25, -0.2) is 4.39 Å². The van der Waals surface area contributed by atoms with Crippen molar-refractivity contribution in [1.82, 2.24) is 4.98 Å². The Hall–Kier alpha value is -1.35. The summed E-state index contributed by atoms with van der Waals surface area (Å²) in [6, 6.07) is 5.31. The molecule has 2 rings (SSSR count). The summed E-state index contributed by atoms with van der Waals surface area (Å²) in [6.45, 7) is 1.79. The van der Waals surface area contributed by atoms with Gasteiger partial charge in [-0.15, -0.1) is 0 Å². The summed E-state index contributed by atoms with van der Waals surface area (Å²) in [7, 11) is 0. The minimum atomic E-state index is -1.90. The standard InChI is InChI=1S/C10H10FNO/c1-6-8(10(11)13)3-2-7-4-5-12-9(6)7/h2-5,10,12-13H,1H3. The number of H-pyrrole nitrogens is 1. The number of fused-ring (bicyclic) bond motifs is 1. The van der Waals surface area contributed by atoms with Gasteiger partial charge in [0.25, 0.3) is 0 Å². The maximum absolute atomic E-state index is 12.7. The first kappa shape index (κ1) is 8.26. The number of aliphatic hydroxyl groups is 1. The van der Waals surface area contributed by atoms with E-state index in [-0.39, 0.29) is 0 Å². The molecule has 0 saturated carbocycles. The van der Waals surface area contributed by atoms with Gasteiger partial charge in [0.1, 0.15) is 0 Å². The van der Waals surface area contributed by atoms with Crippen LogP contribution in [0.15, 0.2) is 24.4 Å². The molecule has 0 aliphatic rings. The highest BCUT2D eigenvalue weighted by Crippen LogP contribution is 2.25. The number of rotatable bonds is 1. The normalized spacial score (nSPS) is 13.5. The topological polar surface area (TPSA) is 36.0 Å². The molecule has 2 N–H and O–H groups in total. The maximum Gasteiger partial charge on any atom is 0.222 e. The van der Waals surface area contributed by atoms with E-state index in [9.17, 15) is 4.39 Å². The SMILES string of the molecule is Cc1c(C(O)F)ccc2cc[nH]c12. The third kappa shape index (κ3) is 1.21. The van der Waals surface area contributed by atoms with Gasteiger partial charge in [0.05, 0.1) is 0 Å². The molecular weight excluding hydrogens is 169 g/mol. The van der Waals surface area contributed by atoms with Gasteiger partial charge in [-0.05, 0) is 23.9 Å². The van der Waals surface area contributed by atoms with E-state index in [1.165, 1.54) is 0 Å². The van der Waals surface area contributed by atoms with Gasteiger partial charge in [0.2, 0.25) is 6.36 Å². The van der Waals surface area contributed by atoms with Crippen molar-refractivity contribution in [3.8, 4) is 0 Å². The monoisotopic (exact) mass is 179 g/mol. The number of aryl methyl sites for hydroxylation is 1. The first-order chi connectivity index (χ1) is 6.20. The number of benzene rings is 1. The van der Waals surface area contributed by atoms with E-state index >= 15 is 0 Å². The molecule has 0 aliphatic carbocycles. The van der Waals surface area contributed by atoms with Crippen LogP contribution in [0.1, 0.15) is 17.5 Å². The van der Waals surface area contributed by atoms with Crippen molar-refractivity contribution in [2.45, 2.75) is 13.3 Å². The highest BCUT2D eigenvalue weighted by atomic mass is 19.1. The van der Waals surface area contributed by atoms with Crippen LogP contribution in [0.4, 0.5) is 4.39 Å². The predicted octanol–water partition coefficient (Wildman–Crippen LogP) is 2.44. The summed E-state index contributed by atoms with van der Waals surface area (Å²) in [5.74, 6) is 0. The molecule has 2 aromatic rings. The first-order valence-electron chi connectivity index (χ1n) is 4.09. The van der Waals surface area contributed by atoms with Crippen LogP contribution in [-0.4, -0.2) is 10.1 Å². The molecule has 3 heteroatoms. The number of hydrogen-bond donors (Lipinski definition) is 2. The van der Waals surface area contributed by atoms with E-state index in [0.29, 0.717) is 5.56 Å². The van der Waals surface area contributed by atoms with E-state index in [4.69, 9.17) is 5.11 Å². The lowest BCUT2D eigenvalue weighted by Crippen LogP contribution is -1.93. The zero-order valence-corrected chi connectivity index (χ0v) is 7.21. The molecular formula is C10H10FNO. The van der Waals surface area contributed by atoms with Crippen molar-refractivity contribution in [2.24, 2.45) is 0 Å². The molecule has 68 valence electrons. The Balaban J connectivity index is 2.73. The molecule has 0 saturated heterocycles. The second-order valence-corrected chi connectivity index (χ2v) is 3.06. The van der Waals surface area contributed by atoms with Crippen molar-refractivity contribution in [2.75, 3.05) is 0 Å². The average molecular weight is 179 g/mol. The molecule has 1 heterocycles. The number of aromatic nitrogens is 1. The highest BCUT2D eigenvalue weighted by Gasteiger charge is 2.10. The number of aromatic amines is 1. The lowest BCUT2D eigenvalue weighted by Gasteiger charge is -2.06. The molecule has 0 aliphatic heterocycles. The van der Waals surface area contributed by atoms with Gasteiger partial charge in [0.15, 0.2) is 0 Å². The lowest BCUT2D eigenvalue weighted by molar-refractivity contribution is 0.0407. The van der Waals surface area contributed by atoms with Gasteiger partial charge < -0.3 is 10.1 Å². The Labute approximate surface area is 75.0 Å². The predicted molar refractivity (Wildman–Crippen MR) is 49.1 cm³/mol. The smallest absolute Gasteiger partial charge is 0.222 e. The van der Waals surface area contributed by atoms with Crippen molar-refractivity contribution >= 4 is 10.9 Å². The summed E-state index contributed by atoms with van der Waals surface area (Å²) in [6.07, 6.45) is -0.0980. The van der Waals surface area contributed by atoms with Crippen LogP contribution in [0.25, 0.3) is 10.9 Å². The average Bonchev–Trinajstić information content (AvgIpc) is 2.52. The number of nitrogens with one attached hydrogen (secondary N) is 1.